The number of morpholine rings is 1. The standard InChI is InChI=1S/C14H19N3O7/c1-8-6-17(14(22)16-13(8)21)10-5-15-4-9(24-10)7-23-12(20)3-2-11(18)19/h6,9-10,15H,2-5,7H2,1H3,(H,18,19)(H,16,21,22)/t9-,10+/m0/s1. The summed E-state index contributed by atoms with van der Waals surface area (Å²) in [7, 11) is 0. The molecule has 0 radical (unpaired) electrons. The van der Waals surface area contributed by atoms with Crippen molar-refractivity contribution >= 4 is 11.9 Å². The van der Waals surface area contributed by atoms with E-state index in [2.05, 4.69) is 10.3 Å². The number of nitrogens with zero attached hydrogens (tertiary/aromatic N) is 1. The maximum absolute atomic E-state index is 11.9. The van der Waals surface area contributed by atoms with Crippen LogP contribution in [0.15, 0.2) is 15.8 Å². The van der Waals surface area contributed by atoms with E-state index in [1.807, 2.05) is 0 Å². The number of nitrogens with one attached hydrogen (secondary N) is 2. The van der Waals surface area contributed by atoms with Gasteiger partial charge >= 0.3 is 17.6 Å². The van der Waals surface area contributed by atoms with E-state index in [4.69, 9.17) is 14.6 Å². The molecule has 0 spiro atoms. The van der Waals surface area contributed by atoms with Gasteiger partial charge in [0.2, 0.25) is 0 Å². The first-order valence-electron chi connectivity index (χ1n) is 7.42. The van der Waals surface area contributed by atoms with Crippen molar-refractivity contribution in [3.8, 4) is 0 Å². The van der Waals surface area contributed by atoms with Crippen LogP contribution in [0, 0.1) is 6.92 Å². The molecule has 3 N–H and O–H groups in total. The normalized spacial score (nSPS) is 20.5. The van der Waals surface area contributed by atoms with Gasteiger partial charge in [-0.05, 0) is 6.92 Å². The lowest BCUT2D eigenvalue weighted by Gasteiger charge is -2.31. The molecule has 0 saturated carbocycles. The lowest BCUT2D eigenvalue weighted by Crippen LogP contribution is -2.48. The Labute approximate surface area is 136 Å². The zero-order valence-electron chi connectivity index (χ0n) is 13.1. The average Bonchev–Trinajstić information content (AvgIpc) is 2.54. The minimum Gasteiger partial charge on any atom is -0.481 e. The van der Waals surface area contributed by atoms with Crippen LogP contribution in [-0.2, 0) is 19.1 Å². The number of carboxylic acid groups (broad SMARTS) is 1. The van der Waals surface area contributed by atoms with Crippen molar-refractivity contribution in [1.29, 1.82) is 0 Å². The molecular weight excluding hydrogens is 322 g/mol. The van der Waals surface area contributed by atoms with Crippen LogP contribution in [-0.4, -0.2) is 52.4 Å². The minimum atomic E-state index is -1.07. The molecule has 0 aromatic carbocycles. The topological polar surface area (TPSA) is 140 Å². The van der Waals surface area contributed by atoms with E-state index in [-0.39, 0.29) is 19.4 Å². The molecule has 1 aromatic rings. The van der Waals surface area contributed by atoms with Crippen molar-refractivity contribution in [3.05, 3.63) is 32.6 Å². The summed E-state index contributed by atoms with van der Waals surface area (Å²) in [4.78, 5) is 47.3. The zero-order valence-corrected chi connectivity index (χ0v) is 13.1. The van der Waals surface area contributed by atoms with Gasteiger partial charge in [0.15, 0.2) is 6.23 Å². The van der Waals surface area contributed by atoms with Crippen molar-refractivity contribution in [2.24, 2.45) is 0 Å². The Morgan fingerprint density at radius 3 is 2.83 bits per heavy atom. The molecule has 0 aliphatic carbocycles. The van der Waals surface area contributed by atoms with Crippen LogP contribution in [0.2, 0.25) is 0 Å². The van der Waals surface area contributed by atoms with Crippen LogP contribution in [0.1, 0.15) is 24.6 Å². The fourth-order valence-corrected chi connectivity index (χ4v) is 2.22. The predicted octanol–water partition coefficient (Wildman–Crippen LogP) is -1.26. The number of hydrogen-bond donors (Lipinski definition) is 3. The average molecular weight is 341 g/mol. The number of rotatable bonds is 6. The van der Waals surface area contributed by atoms with E-state index < -0.39 is 35.5 Å². The molecular formula is C14H19N3O7. The summed E-state index contributed by atoms with van der Waals surface area (Å²) in [5, 5.41) is 11.6. The number of carbonyl (C=O) groups is 2. The van der Waals surface area contributed by atoms with Crippen LogP contribution >= 0.6 is 0 Å². The second kappa shape index (κ2) is 7.88. The molecule has 0 bridgehead atoms. The van der Waals surface area contributed by atoms with Crippen molar-refractivity contribution in [2.45, 2.75) is 32.1 Å². The quantitative estimate of drug-likeness (QED) is 0.545. The van der Waals surface area contributed by atoms with Gasteiger partial charge in [-0.25, -0.2) is 4.79 Å². The third-order valence-corrected chi connectivity index (χ3v) is 3.47. The molecule has 1 saturated heterocycles. The van der Waals surface area contributed by atoms with Crippen molar-refractivity contribution in [2.75, 3.05) is 19.7 Å². The predicted molar refractivity (Wildman–Crippen MR) is 80.7 cm³/mol. The summed E-state index contributed by atoms with van der Waals surface area (Å²) >= 11 is 0. The zero-order chi connectivity index (χ0) is 17.7. The second-order valence-electron chi connectivity index (χ2n) is 5.43. The molecule has 1 aromatic heterocycles. The number of carboxylic acids is 1. The summed E-state index contributed by atoms with van der Waals surface area (Å²) in [6, 6.07) is 0. The first kappa shape index (κ1) is 17.9. The molecule has 0 amide bonds. The summed E-state index contributed by atoms with van der Waals surface area (Å²) in [6.45, 7) is 2.29. The summed E-state index contributed by atoms with van der Waals surface area (Å²) in [6.07, 6.45) is -0.232. The highest BCUT2D eigenvalue weighted by molar-refractivity contribution is 5.76. The second-order valence-corrected chi connectivity index (χ2v) is 5.43. The van der Waals surface area contributed by atoms with E-state index in [0.29, 0.717) is 18.7 Å². The summed E-state index contributed by atoms with van der Waals surface area (Å²) < 4.78 is 12.0. The maximum Gasteiger partial charge on any atom is 0.330 e. The Kier molecular flexibility index (Phi) is 5.88. The van der Waals surface area contributed by atoms with Crippen LogP contribution in [0.25, 0.3) is 0 Å². The van der Waals surface area contributed by atoms with Gasteiger partial charge in [0, 0.05) is 24.8 Å². The largest absolute Gasteiger partial charge is 0.481 e. The number of aromatic amines is 1. The molecule has 132 valence electrons. The van der Waals surface area contributed by atoms with Crippen LogP contribution in [0.3, 0.4) is 0 Å². The molecule has 2 heterocycles. The van der Waals surface area contributed by atoms with Crippen LogP contribution in [0.5, 0.6) is 0 Å². The molecule has 1 aliphatic heterocycles. The van der Waals surface area contributed by atoms with Gasteiger partial charge in [-0.2, -0.15) is 0 Å². The summed E-state index contributed by atoms with van der Waals surface area (Å²) in [5.41, 5.74) is -0.666. The van der Waals surface area contributed by atoms with E-state index in [1.54, 1.807) is 6.92 Å². The van der Waals surface area contributed by atoms with Crippen molar-refractivity contribution < 1.29 is 24.2 Å². The van der Waals surface area contributed by atoms with E-state index in [9.17, 15) is 19.2 Å². The van der Waals surface area contributed by atoms with Crippen molar-refractivity contribution in [1.82, 2.24) is 14.9 Å². The number of aryl methyl sites for hydroxylation is 1. The lowest BCUT2D eigenvalue weighted by atomic mass is 10.3. The fourth-order valence-electron chi connectivity index (χ4n) is 2.22. The molecule has 2 rings (SSSR count). The van der Waals surface area contributed by atoms with Gasteiger partial charge in [-0.1, -0.05) is 0 Å². The minimum absolute atomic E-state index is 0.0565. The van der Waals surface area contributed by atoms with Crippen LogP contribution in [0.4, 0.5) is 0 Å². The Morgan fingerprint density at radius 2 is 2.12 bits per heavy atom. The van der Waals surface area contributed by atoms with Crippen LogP contribution < -0.4 is 16.6 Å². The third kappa shape index (κ3) is 4.77. The first-order valence-corrected chi connectivity index (χ1v) is 7.42. The van der Waals surface area contributed by atoms with E-state index in [0.717, 1.165) is 0 Å². The monoisotopic (exact) mass is 341 g/mol. The smallest absolute Gasteiger partial charge is 0.330 e. The molecule has 10 heteroatoms. The van der Waals surface area contributed by atoms with Gasteiger partial charge in [0.05, 0.1) is 12.8 Å². The Bertz CT molecular complexity index is 724. The van der Waals surface area contributed by atoms with Gasteiger partial charge in [0.1, 0.15) is 12.7 Å². The number of aliphatic carboxylic acids is 1. The third-order valence-electron chi connectivity index (χ3n) is 3.47. The number of hydrogen-bond acceptors (Lipinski definition) is 7. The SMILES string of the molecule is Cc1cn([C@H]2CNC[C@@H](COC(=O)CCC(=O)O)O2)c(=O)[nH]c1=O. The number of carbonyl (C=O) groups excluding carboxylic acids is 1. The highest BCUT2D eigenvalue weighted by Crippen LogP contribution is 2.13. The maximum atomic E-state index is 11.9. The Balaban J connectivity index is 1.94. The van der Waals surface area contributed by atoms with Gasteiger partial charge in [-0.3, -0.25) is 23.9 Å². The van der Waals surface area contributed by atoms with Crippen molar-refractivity contribution in [3.63, 3.8) is 0 Å². The molecule has 10 nitrogen and oxygen atoms in total. The lowest BCUT2D eigenvalue weighted by molar-refractivity contribution is -0.156. The molecule has 1 fully saturated rings. The Hall–Kier alpha value is -2.46. The molecule has 24 heavy (non-hydrogen) atoms. The van der Waals surface area contributed by atoms with E-state index in [1.165, 1.54) is 10.8 Å². The number of esters is 1. The fraction of sp³-hybridized carbons (Fsp3) is 0.571. The number of aromatic nitrogens is 2. The van der Waals surface area contributed by atoms with E-state index >= 15 is 0 Å². The molecule has 0 unspecified atom stereocenters. The number of ether oxygens (including phenoxy) is 2. The van der Waals surface area contributed by atoms with Gasteiger partial charge < -0.3 is 19.9 Å². The molecule has 1 aliphatic rings. The number of H-pyrrole nitrogens is 1. The van der Waals surface area contributed by atoms with Gasteiger partial charge in [-0.15, -0.1) is 0 Å². The Morgan fingerprint density at radius 1 is 1.38 bits per heavy atom. The highest BCUT2D eigenvalue weighted by atomic mass is 16.6. The van der Waals surface area contributed by atoms with Gasteiger partial charge in [0.25, 0.3) is 5.56 Å². The highest BCUT2D eigenvalue weighted by Gasteiger charge is 2.25. The first-order chi connectivity index (χ1) is 11.4. The molecule has 2 atom stereocenters. The summed E-state index contributed by atoms with van der Waals surface area (Å²) in [5.74, 6) is -1.70.